The molecule has 5 nitrogen and oxygen atoms in total. The first-order chi connectivity index (χ1) is 10.0. The van der Waals surface area contributed by atoms with Crippen LogP contribution in [0, 0.1) is 0 Å². The van der Waals surface area contributed by atoms with E-state index in [1.807, 2.05) is 0 Å². The zero-order chi connectivity index (χ0) is 15.3. The third-order valence-corrected chi connectivity index (χ3v) is 3.15. The molecule has 0 spiro atoms. The van der Waals surface area contributed by atoms with Crippen molar-refractivity contribution in [3.63, 3.8) is 0 Å². The molecule has 1 aliphatic rings. The van der Waals surface area contributed by atoms with Crippen LogP contribution in [0.5, 0.6) is 0 Å². The summed E-state index contributed by atoms with van der Waals surface area (Å²) in [5, 5.41) is 3.03. The fourth-order valence-electron chi connectivity index (χ4n) is 2.16. The van der Waals surface area contributed by atoms with Crippen molar-refractivity contribution in [1.82, 2.24) is 15.3 Å². The Morgan fingerprint density at radius 2 is 2.00 bits per heavy atom. The molecular formula is C13H18F3N3O2. The molecule has 0 amide bonds. The highest BCUT2D eigenvalue weighted by molar-refractivity contribution is 5.30. The lowest BCUT2D eigenvalue weighted by Crippen LogP contribution is -2.29. The van der Waals surface area contributed by atoms with Gasteiger partial charge >= 0.3 is 6.18 Å². The van der Waals surface area contributed by atoms with Gasteiger partial charge in [-0.15, -0.1) is 0 Å². The number of hydrogen-bond donors (Lipinski definition) is 1. The topological polar surface area (TPSA) is 56.3 Å². The molecule has 8 heteroatoms. The third-order valence-electron chi connectivity index (χ3n) is 3.15. The molecule has 0 saturated heterocycles. The van der Waals surface area contributed by atoms with Crippen LogP contribution >= 0.6 is 0 Å². The Kier molecular flexibility index (Phi) is 5.49. The van der Waals surface area contributed by atoms with Crippen molar-refractivity contribution in [2.45, 2.75) is 25.6 Å². The molecule has 2 heterocycles. The Morgan fingerprint density at radius 3 is 2.71 bits per heavy atom. The fraction of sp³-hybridized carbons (Fsp3) is 0.692. The SMILES string of the molecule is COCCOCCc1nc2c(c(C(F)(F)F)n1)CCNC2. The average molecular weight is 305 g/mol. The Balaban J connectivity index is 2.11. The number of nitrogens with zero attached hydrogens (tertiary/aromatic N) is 2. The van der Waals surface area contributed by atoms with Gasteiger partial charge in [-0.3, -0.25) is 0 Å². The van der Waals surface area contributed by atoms with Crippen LogP contribution in [0.3, 0.4) is 0 Å². The summed E-state index contributed by atoms with van der Waals surface area (Å²) in [6.45, 7) is 1.97. The molecule has 1 N–H and O–H groups in total. The van der Waals surface area contributed by atoms with Crippen LogP contribution in [0.1, 0.15) is 22.8 Å². The fourth-order valence-corrected chi connectivity index (χ4v) is 2.16. The maximum atomic E-state index is 13.1. The van der Waals surface area contributed by atoms with Crippen LogP contribution in [-0.4, -0.2) is 43.4 Å². The van der Waals surface area contributed by atoms with Gasteiger partial charge < -0.3 is 14.8 Å². The Bertz CT molecular complexity index is 480. The lowest BCUT2D eigenvalue weighted by Gasteiger charge is -2.21. The molecule has 1 aliphatic heterocycles. The molecule has 0 aliphatic carbocycles. The molecule has 0 fully saturated rings. The zero-order valence-electron chi connectivity index (χ0n) is 11.8. The summed E-state index contributed by atoms with van der Waals surface area (Å²) in [6, 6.07) is 0. The Hall–Kier alpha value is -1.25. The van der Waals surface area contributed by atoms with Crippen LogP contribution in [-0.2, 0) is 35.0 Å². The van der Waals surface area contributed by atoms with Gasteiger partial charge in [0.1, 0.15) is 5.82 Å². The van der Waals surface area contributed by atoms with Gasteiger partial charge in [-0.25, -0.2) is 9.97 Å². The van der Waals surface area contributed by atoms with Gasteiger partial charge in [0.2, 0.25) is 0 Å². The second kappa shape index (κ2) is 7.15. The normalized spacial score (nSPS) is 15.0. The van der Waals surface area contributed by atoms with E-state index in [0.717, 1.165) is 0 Å². The van der Waals surface area contributed by atoms with Crippen LogP contribution < -0.4 is 5.32 Å². The van der Waals surface area contributed by atoms with Crippen LogP contribution in [0.4, 0.5) is 13.2 Å². The van der Waals surface area contributed by atoms with Gasteiger partial charge in [0.15, 0.2) is 5.69 Å². The first kappa shape index (κ1) is 16.1. The lowest BCUT2D eigenvalue weighted by atomic mass is 10.0. The lowest BCUT2D eigenvalue weighted by molar-refractivity contribution is -0.142. The van der Waals surface area contributed by atoms with Gasteiger partial charge in [0.05, 0.1) is 25.5 Å². The van der Waals surface area contributed by atoms with Gasteiger partial charge in [0.25, 0.3) is 0 Å². The number of halogens is 3. The number of fused-ring (bicyclic) bond motifs is 1. The first-order valence-electron chi connectivity index (χ1n) is 6.75. The predicted molar refractivity (Wildman–Crippen MR) is 68.8 cm³/mol. The molecule has 0 unspecified atom stereocenters. The third kappa shape index (κ3) is 4.36. The molecule has 0 atom stereocenters. The summed E-state index contributed by atoms with van der Waals surface area (Å²) in [7, 11) is 1.55. The molecule has 1 aromatic heterocycles. The molecule has 1 aromatic rings. The molecule has 0 bridgehead atoms. The number of methoxy groups -OCH3 is 1. The maximum Gasteiger partial charge on any atom is 0.433 e. The van der Waals surface area contributed by atoms with E-state index in [-0.39, 0.29) is 24.4 Å². The van der Waals surface area contributed by atoms with E-state index in [1.165, 1.54) is 0 Å². The highest BCUT2D eigenvalue weighted by atomic mass is 19.4. The number of alkyl halides is 3. The number of nitrogens with one attached hydrogen (secondary N) is 1. The summed E-state index contributed by atoms with van der Waals surface area (Å²) in [4.78, 5) is 7.92. The number of rotatable bonds is 6. The van der Waals surface area contributed by atoms with Crippen LogP contribution in [0.15, 0.2) is 0 Å². The molecule has 118 valence electrons. The van der Waals surface area contributed by atoms with Gasteiger partial charge in [-0.1, -0.05) is 0 Å². The minimum absolute atomic E-state index is 0.169. The van der Waals surface area contributed by atoms with E-state index in [4.69, 9.17) is 9.47 Å². The van der Waals surface area contributed by atoms with Crippen LogP contribution in [0.2, 0.25) is 0 Å². The summed E-state index contributed by atoms with van der Waals surface area (Å²) < 4.78 is 49.3. The van der Waals surface area contributed by atoms with Crippen molar-refractivity contribution >= 4 is 0 Å². The minimum atomic E-state index is -4.45. The van der Waals surface area contributed by atoms with Crippen LogP contribution in [0.25, 0.3) is 0 Å². The quantitative estimate of drug-likeness (QED) is 0.804. The van der Waals surface area contributed by atoms with Gasteiger partial charge in [0, 0.05) is 25.6 Å². The van der Waals surface area contributed by atoms with E-state index >= 15 is 0 Å². The second-order valence-electron chi connectivity index (χ2n) is 4.69. The minimum Gasteiger partial charge on any atom is -0.382 e. The standard InChI is InChI=1S/C13H18F3N3O2/c1-20-6-7-21-5-3-11-18-10-8-17-4-2-9(10)12(19-11)13(14,15)16/h17H,2-8H2,1H3. The largest absolute Gasteiger partial charge is 0.433 e. The molecule has 0 saturated carbocycles. The molecule has 2 rings (SSSR count). The predicted octanol–water partition coefficient (Wildman–Crippen LogP) is 1.35. The van der Waals surface area contributed by atoms with Crippen molar-refractivity contribution in [2.24, 2.45) is 0 Å². The van der Waals surface area contributed by atoms with E-state index in [2.05, 4.69) is 15.3 Å². The van der Waals surface area contributed by atoms with Gasteiger partial charge in [-0.2, -0.15) is 13.2 Å². The second-order valence-corrected chi connectivity index (χ2v) is 4.69. The molecule has 0 aromatic carbocycles. The van der Waals surface area contributed by atoms with E-state index < -0.39 is 11.9 Å². The van der Waals surface area contributed by atoms with Crippen molar-refractivity contribution in [3.8, 4) is 0 Å². The maximum absolute atomic E-state index is 13.1. The number of hydrogen-bond acceptors (Lipinski definition) is 5. The summed E-state index contributed by atoms with van der Waals surface area (Å²) in [5.41, 5.74) is -0.151. The molecule has 0 radical (unpaired) electrons. The number of aromatic nitrogens is 2. The van der Waals surface area contributed by atoms with E-state index in [0.29, 0.717) is 38.4 Å². The van der Waals surface area contributed by atoms with Crippen molar-refractivity contribution in [2.75, 3.05) is 33.5 Å². The van der Waals surface area contributed by atoms with Crippen molar-refractivity contribution in [1.29, 1.82) is 0 Å². The summed E-state index contributed by atoms with van der Waals surface area (Å²) >= 11 is 0. The average Bonchev–Trinajstić information content (AvgIpc) is 2.45. The highest BCUT2D eigenvalue weighted by Gasteiger charge is 2.37. The van der Waals surface area contributed by atoms with E-state index in [1.54, 1.807) is 7.11 Å². The summed E-state index contributed by atoms with van der Waals surface area (Å²) in [6.07, 6.45) is -3.90. The smallest absolute Gasteiger partial charge is 0.382 e. The van der Waals surface area contributed by atoms with Gasteiger partial charge in [-0.05, 0) is 13.0 Å². The van der Waals surface area contributed by atoms with Crippen molar-refractivity contribution < 1.29 is 22.6 Å². The zero-order valence-corrected chi connectivity index (χ0v) is 11.8. The molecular weight excluding hydrogens is 287 g/mol. The Morgan fingerprint density at radius 1 is 1.19 bits per heavy atom. The Labute approximate surface area is 120 Å². The van der Waals surface area contributed by atoms with E-state index in [9.17, 15) is 13.2 Å². The first-order valence-corrected chi connectivity index (χ1v) is 6.75. The summed E-state index contributed by atoms with van der Waals surface area (Å²) in [5.74, 6) is 0.169. The molecule has 21 heavy (non-hydrogen) atoms. The van der Waals surface area contributed by atoms with Crippen molar-refractivity contribution in [3.05, 3.63) is 22.8 Å². The number of ether oxygens (including phenoxy) is 2. The monoisotopic (exact) mass is 305 g/mol. The highest BCUT2D eigenvalue weighted by Crippen LogP contribution is 2.32.